The molecule has 2 rings (SSSR count). The van der Waals surface area contributed by atoms with Crippen LogP contribution in [0, 0.1) is 0 Å². The van der Waals surface area contributed by atoms with Crippen molar-refractivity contribution in [1.82, 2.24) is 16.2 Å². The van der Waals surface area contributed by atoms with E-state index < -0.39 is 11.8 Å². The molecule has 0 heterocycles. The van der Waals surface area contributed by atoms with Crippen LogP contribution in [0.25, 0.3) is 6.08 Å². The van der Waals surface area contributed by atoms with E-state index >= 15 is 0 Å². The van der Waals surface area contributed by atoms with Crippen LogP contribution in [0.3, 0.4) is 0 Å². The van der Waals surface area contributed by atoms with Crippen molar-refractivity contribution in [3.8, 4) is 17.2 Å². The zero-order valence-electron chi connectivity index (χ0n) is 16.9. The summed E-state index contributed by atoms with van der Waals surface area (Å²) in [6.07, 6.45) is 2.74. The molecule has 0 spiro atoms. The average Bonchev–Trinajstić information content (AvgIpc) is 2.79. The van der Waals surface area contributed by atoms with Gasteiger partial charge in [-0.1, -0.05) is 18.2 Å². The predicted molar refractivity (Wildman–Crippen MR) is 110 cm³/mol. The van der Waals surface area contributed by atoms with Crippen LogP contribution in [0.15, 0.2) is 48.5 Å². The van der Waals surface area contributed by atoms with Crippen molar-refractivity contribution in [1.29, 1.82) is 0 Å². The smallest absolute Gasteiger partial charge is 0.262 e. The quantitative estimate of drug-likeness (QED) is 0.444. The second-order valence-electron chi connectivity index (χ2n) is 5.88. The summed E-state index contributed by atoms with van der Waals surface area (Å²) in [5, 5.41) is 2.46. The van der Waals surface area contributed by atoms with Crippen molar-refractivity contribution in [3.05, 3.63) is 59.7 Å². The third-order valence-electron chi connectivity index (χ3n) is 3.88. The molecule has 0 unspecified atom stereocenters. The summed E-state index contributed by atoms with van der Waals surface area (Å²) in [4.78, 5) is 35.6. The molecule has 3 N–H and O–H groups in total. The molecule has 0 bridgehead atoms. The van der Waals surface area contributed by atoms with Gasteiger partial charge in [0.1, 0.15) is 0 Å². The normalized spacial score (nSPS) is 10.2. The minimum absolute atomic E-state index is 0.287. The molecule has 9 heteroatoms. The van der Waals surface area contributed by atoms with Gasteiger partial charge < -0.3 is 19.5 Å². The van der Waals surface area contributed by atoms with E-state index in [2.05, 4.69) is 16.2 Å². The lowest BCUT2D eigenvalue weighted by Gasteiger charge is -2.12. The van der Waals surface area contributed by atoms with Crippen LogP contribution in [0.5, 0.6) is 17.2 Å². The van der Waals surface area contributed by atoms with Crippen LogP contribution in [0.1, 0.15) is 15.9 Å². The Balaban J connectivity index is 1.86. The standard InChI is InChI=1S/C21H23N3O6/c1-28-16-11-14(12-17(29-2)20(16)30-3)9-10-18(25)23-24-19(26)13-22-21(27)15-7-5-4-6-8-15/h4-12H,13H2,1-3H3,(H,22,27)(H,23,25)(H,24,26). The van der Waals surface area contributed by atoms with E-state index in [1.807, 2.05) is 0 Å². The minimum Gasteiger partial charge on any atom is -0.493 e. The fourth-order valence-electron chi connectivity index (χ4n) is 2.44. The first-order chi connectivity index (χ1) is 14.5. The highest BCUT2D eigenvalue weighted by Gasteiger charge is 2.12. The van der Waals surface area contributed by atoms with Crippen molar-refractivity contribution in [2.24, 2.45) is 0 Å². The van der Waals surface area contributed by atoms with Crippen molar-refractivity contribution in [3.63, 3.8) is 0 Å². The number of hydrazine groups is 1. The Morgan fingerprint density at radius 1 is 0.900 bits per heavy atom. The lowest BCUT2D eigenvalue weighted by molar-refractivity contribution is -0.126. The van der Waals surface area contributed by atoms with Crippen molar-refractivity contribution >= 4 is 23.8 Å². The molecule has 0 atom stereocenters. The Kier molecular flexibility index (Phi) is 8.25. The van der Waals surface area contributed by atoms with Crippen molar-refractivity contribution in [2.45, 2.75) is 0 Å². The first kappa shape index (κ1) is 22.3. The Bertz CT molecular complexity index is 903. The number of carbonyl (C=O) groups excluding carboxylic acids is 3. The summed E-state index contributed by atoms with van der Waals surface area (Å²) >= 11 is 0. The van der Waals surface area contributed by atoms with Gasteiger partial charge >= 0.3 is 0 Å². The number of rotatable bonds is 8. The molecule has 0 radical (unpaired) electrons. The first-order valence-corrected chi connectivity index (χ1v) is 8.88. The third-order valence-corrected chi connectivity index (χ3v) is 3.88. The second kappa shape index (κ2) is 11.1. The summed E-state index contributed by atoms with van der Waals surface area (Å²) < 4.78 is 15.7. The number of ether oxygens (including phenoxy) is 3. The number of hydrogen-bond donors (Lipinski definition) is 3. The molecular formula is C21H23N3O6. The van der Waals surface area contributed by atoms with Gasteiger partial charge in [0.05, 0.1) is 27.9 Å². The molecule has 3 amide bonds. The number of nitrogens with one attached hydrogen (secondary N) is 3. The minimum atomic E-state index is -0.575. The molecule has 0 aliphatic rings. The highest BCUT2D eigenvalue weighted by molar-refractivity contribution is 5.97. The molecule has 0 saturated carbocycles. The number of amides is 3. The Hall–Kier alpha value is -4.01. The largest absolute Gasteiger partial charge is 0.493 e. The molecule has 9 nitrogen and oxygen atoms in total. The van der Waals surface area contributed by atoms with Crippen molar-refractivity contribution < 1.29 is 28.6 Å². The zero-order chi connectivity index (χ0) is 21.9. The Labute approximate surface area is 174 Å². The Morgan fingerprint density at radius 3 is 2.10 bits per heavy atom. The third kappa shape index (κ3) is 6.26. The molecule has 30 heavy (non-hydrogen) atoms. The van der Waals surface area contributed by atoms with E-state index in [-0.39, 0.29) is 12.5 Å². The first-order valence-electron chi connectivity index (χ1n) is 8.88. The van der Waals surface area contributed by atoms with E-state index in [9.17, 15) is 14.4 Å². The van der Waals surface area contributed by atoms with E-state index in [1.54, 1.807) is 42.5 Å². The van der Waals surface area contributed by atoms with Gasteiger partial charge in [-0.05, 0) is 35.9 Å². The van der Waals surface area contributed by atoms with E-state index in [0.29, 0.717) is 28.4 Å². The summed E-state index contributed by atoms with van der Waals surface area (Å²) in [7, 11) is 4.47. The number of methoxy groups -OCH3 is 3. The summed E-state index contributed by atoms with van der Waals surface area (Å²) in [5.74, 6) is -0.204. The predicted octanol–water partition coefficient (Wildman–Crippen LogP) is 1.30. The van der Waals surface area contributed by atoms with Gasteiger partial charge in [-0.15, -0.1) is 0 Å². The van der Waals surface area contributed by atoms with Crippen LogP contribution in [-0.2, 0) is 9.59 Å². The molecule has 0 aliphatic heterocycles. The number of hydrogen-bond acceptors (Lipinski definition) is 6. The topological polar surface area (TPSA) is 115 Å². The second-order valence-corrected chi connectivity index (χ2v) is 5.88. The zero-order valence-corrected chi connectivity index (χ0v) is 16.9. The van der Waals surface area contributed by atoms with Crippen LogP contribution < -0.4 is 30.4 Å². The maximum absolute atomic E-state index is 11.9. The van der Waals surface area contributed by atoms with E-state index in [0.717, 1.165) is 0 Å². The molecular weight excluding hydrogens is 390 g/mol. The van der Waals surface area contributed by atoms with Gasteiger partial charge in [-0.3, -0.25) is 25.2 Å². The number of benzene rings is 2. The molecule has 0 saturated heterocycles. The van der Waals surface area contributed by atoms with Gasteiger partial charge in [0.25, 0.3) is 17.7 Å². The van der Waals surface area contributed by atoms with Crippen LogP contribution in [0.2, 0.25) is 0 Å². The molecule has 158 valence electrons. The van der Waals surface area contributed by atoms with E-state index in [4.69, 9.17) is 14.2 Å². The van der Waals surface area contributed by atoms with Crippen LogP contribution in [-0.4, -0.2) is 45.6 Å². The monoisotopic (exact) mass is 413 g/mol. The SMILES string of the molecule is COc1cc(C=CC(=O)NNC(=O)CNC(=O)c2ccccc2)cc(OC)c1OC. The summed E-state index contributed by atoms with van der Waals surface area (Å²) in [6.45, 7) is -0.287. The van der Waals surface area contributed by atoms with Gasteiger partial charge in [0.15, 0.2) is 11.5 Å². The fourth-order valence-corrected chi connectivity index (χ4v) is 2.44. The van der Waals surface area contributed by atoms with Gasteiger partial charge in [0.2, 0.25) is 5.75 Å². The highest BCUT2D eigenvalue weighted by Crippen LogP contribution is 2.38. The molecule has 2 aromatic rings. The molecule has 0 aliphatic carbocycles. The number of carbonyl (C=O) groups is 3. The lowest BCUT2D eigenvalue weighted by Crippen LogP contribution is -2.45. The van der Waals surface area contributed by atoms with Crippen LogP contribution >= 0.6 is 0 Å². The van der Waals surface area contributed by atoms with Gasteiger partial charge in [-0.25, -0.2) is 0 Å². The highest BCUT2D eigenvalue weighted by atomic mass is 16.5. The fraction of sp³-hybridized carbons (Fsp3) is 0.190. The Morgan fingerprint density at radius 2 is 1.53 bits per heavy atom. The molecule has 2 aromatic carbocycles. The van der Waals surface area contributed by atoms with Gasteiger partial charge in [-0.2, -0.15) is 0 Å². The molecule has 0 aromatic heterocycles. The average molecular weight is 413 g/mol. The molecule has 0 fully saturated rings. The lowest BCUT2D eigenvalue weighted by atomic mass is 10.1. The maximum atomic E-state index is 11.9. The summed E-state index contributed by atoms with van der Waals surface area (Å²) in [6, 6.07) is 11.8. The van der Waals surface area contributed by atoms with Crippen LogP contribution in [0.4, 0.5) is 0 Å². The van der Waals surface area contributed by atoms with Gasteiger partial charge in [0, 0.05) is 11.6 Å². The van der Waals surface area contributed by atoms with E-state index in [1.165, 1.54) is 33.5 Å². The maximum Gasteiger partial charge on any atom is 0.262 e. The van der Waals surface area contributed by atoms with Crippen molar-refractivity contribution in [2.75, 3.05) is 27.9 Å². The summed E-state index contributed by atoms with van der Waals surface area (Å²) in [5.41, 5.74) is 5.51.